The van der Waals surface area contributed by atoms with Crippen molar-refractivity contribution < 1.29 is 14.7 Å². The van der Waals surface area contributed by atoms with Gasteiger partial charge in [0.05, 0.1) is 6.20 Å². The Hall–Kier alpha value is -3.00. The first kappa shape index (κ1) is 16.8. The Morgan fingerprint density at radius 1 is 1.28 bits per heavy atom. The lowest BCUT2D eigenvalue weighted by molar-refractivity contribution is -0.137. The van der Waals surface area contributed by atoms with E-state index in [4.69, 9.17) is 5.11 Å². The third-order valence-electron chi connectivity index (χ3n) is 3.52. The standard InChI is InChI=1S/C17H16N4O3S/c1-10-3-4-12(11(2)7-10)17-18-8-13(25-17)16(24)19-14-5-6-21(20-14)9-15(22)23/h3-8H,9H2,1-2H3,(H,22,23)(H,19,20,24). The molecule has 2 N–H and O–H groups in total. The van der Waals surface area contributed by atoms with Crippen molar-refractivity contribution in [3.63, 3.8) is 0 Å². The van der Waals surface area contributed by atoms with E-state index in [1.165, 1.54) is 34.0 Å². The molecular weight excluding hydrogens is 340 g/mol. The third kappa shape index (κ3) is 3.92. The van der Waals surface area contributed by atoms with Crippen LogP contribution in [-0.2, 0) is 11.3 Å². The Bertz CT molecular complexity index is 945. The lowest BCUT2D eigenvalue weighted by Crippen LogP contribution is -2.13. The Kier molecular flexibility index (Phi) is 4.62. The highest BCUT2D eigenvalue weighted by Crippen LogP contribution is 2.28. The molecule has 0 aliphatic rings. The number of carboxylic acid groups (broad SMARTS) is 1. The molecule has 0 radical (unpaired) electrons. The molecule has 128 valence electrons. The molecule has 0 aliphatic heterocycles. The smallest absolute Gasteiger partial charge is 0.325 e. The van der Waals surface area contributed by atoms with E-state index in [1.807, 2.05) is 26.0 Å². The maximum absolute atomic E-state index is 12.3. The molecule has 0 aliphatic carbocycles. The van der Waals surface area contributed by atoms with Gasteiger partial charge in [0, 0.05) is 17.8 Å². The fraction of sp³-hybridized carbons (Fsp3) is 0.176. The molecule has 3 aromatic rings. The van der Waals surface area contributed by atoms with Gasteiger partial charge in [-0.05, 0) is 19.4 Å². The lowest BCUT2D eigenvalue weighted by Gasteiger charge is -2.03. The van der Waals surface area contributed by atoms with Gasteiger partial charge in [0.1, 0.15) is 16.4 Å². The van der Waals surface area contributed by atoms with Crippen molar-refractivity contribution in [3.05, 3.63) is 52.7 Å². The van der Waals surface area contributed by atoms with Crippen molar-refractivity contribution in [3.8, 4) is 10.6 Å². The van der Waals surface area contributed by atoms with Gasteiger partial charge in [-0.1, -0.05) is 23.8 Å². The number of anilines is 1. The summed E-state index contributed by atoms with van der Waals surface area (Å²) < 4.78 is 1.24. The van der Waals surface area contributed by atoms with Crippen LogP contribution < -0.4 is 5.32 Å². The number of hydrogen-bond donors (Lipinski definition) is 2. The third-order valence-corrected chi connectivity index (χ3v) is 4.55. The molecule has 3 rings (SSSR count). The number of hydrogen-bond acceptors (Lipinski definition) is 5. The molecule has 1 aromatic carbocycles. The van der Waals surface area contributed by atoms with Crippen molar-refractivity contribution in [1.29, 1.82) is 0 Å². The van der Waals surface area contributed by atoms with Gasteiger partial charge in [-0.15, -0.1) is 11.3 Å². The lowest BCUT2D eigenvalue weighted by atomic mass is 10.1. The van der Waals surface area contributed by atoms with Crippen molar-refractivity contribution in [1.82, 2.24) is 14.8 Å². The second-order valence-electron chi connectivity index (χ2n) is 5.59. The van der Waals surface area contributed by atoms with Gasteiger partial charge in [0.15, 0.2) is 5.82 Å². The van der Waals surface area contributed by atoms with E-state index < -0.39 is 5.97 Å². The first-order chi connectivity index (χ1) is 11.9. The number of carboxylic acids is 1. The highest BCUT2D eigenvalue weighted by molar-refractivity contribution is 7.17. The largest absolute Gasteiger partial charge is 0.480 e. The van der Waals surface area contributed by atoms with Crippen LogP contribution in [0.1, 0.15) is 20.8 Å². The molecule has 0 bridgehead atoms. The molecule has 0 spiro atoms. The number of rotatable bonds is 5. The average Bonchev–Trinajstić information content (AvgIpc) is 3.16. The van der Waals surface area contributed by atoms with Gasteiger partial charge in [-0.2, -0.15) is 5.10 Å². The van der Waals surface area contributed by atoms with E-state index in [0.717, 1.165) is 16.1 Å². The highest BCUT2D eigenvalue weighted by atomic mass is 32.1. The maximum atomic E-state index is 12.3. The summed E-state index contributed by atoms with van der Waals surface area (Å²) in [5, 5.41) is 16.1. The summed E-state index contributed by atoms with van der Waals surface area (Å²) >= 11 is 1.30. The fourth-order valence-electron chi connectivity index (χ4n) is 2.39. The number of benzene rings is 1. The fourth-order valence-corrected chi connectivity index (χ4v) is 3.29. The molecule has 0 saturated carbocycles. The maximum Gasteiger partial charge on any atom is 0.325 e. The summed E-state index contributed by atoms with van der Waals surface area (Å²) in [5.74, 6) is -1.02. The summed E-state index contributed by atoms with van der Waals surface area (Å²) in [6.07, 6.45) is 3.03. The molecule has 7 nitrogen and oxygen atoms in total. The van der Waals surface area contributed by atoms with Crippen LogP contribution in [0.4, 0.5) is 5.82 Å². The number of nitrogens with one attached hydrogen (secondary N) is 1. The molecule has 0 fully saturated rings. The molecule has 0 unspecified atom stereocenters. The van der Waals surface area contributed by atoms with Crippen molar-refractivity contribution in [2.24, 2.45) is 0 Å². The number of aryl methyl sites for hydroxylation is 2. The summed E-state index contributed by atoms with van der Waals surface area (Å²) in [5.41, 5.74) is 3.28. The zero-order valence-corrected chi connectivity index (χ0v) is 14.5. The Balaban J connectivity index is 1.74. The zero-order chi connectivity index (χ0) is 18.0. The van der Waals surface area contributed by atoms with Gasteiger partial charge in [0.2, 0.25) is 0 Å². The molecule has 1 amide bonds. The minimum atomic E-state index is -0.999. The van der Waals surface area contributed by atoms with Crippen LogP contribution >= 0.6 is 11.3 Å². The number of thiazole rings is 1. The minimum absolute atomic E-state index is 0.257. The number of aromatic nitrogens is 3. The van der Waals surface area contributed by atoms with Gasteiger partial charge < -0.3 is 10.4 Å². The number of amides is 1. The van der Waals surface area contributed by atoms with Gasteiger partial charge in [0.25, 0.3) is 5.91 Å². The molecule has 2 aromatic heterocycles. The van der Waals surface area contributed by atoms with Gasteiger partial charge >= 0.3 is 5.97 Å². The van der Waals surface area contributed by atoms with E-state index in [9.17, 15) is 9.59 Å². The van der Waals surface area contributed by atoms with E-state index >= 15 is 0 Å². The van der Waals surface area contributed by atoms with Crippen LogP contribution in [0.3, 0.4) is 0 Å². The van der Waals surface area contributed by atoms with E-state index in [-0.39, 0.29) is 12.5 Å². The second-order valence-corrected chi connectivity index (χ2v) is 6.63. The Morgan fingerprint density at radius 2 is 2.08 bits per heavy atom. The second kappa shape index (κ2) is 6.86. The molecule has 2 heterocycles. The van der Waals surface area contributed by atoms with Crippen molar-refractivity contribution in [2.45, 2.75) is 20.4 Å². The Morgan fingerprint density at radius 3 is 2.80 bits per heavy atom. The minimum Gasteiger partial charge on any atom is -0.480 e. The van der Waals surface area contributed by atoms with Crippen LogP contribution in [0.25, 0.3) is 10.6 Å². The molecule has 0 atom stereocenters. The molecule has 8 heteroatoms. The molecule has 25 heavy (non-hydrogen) atoms. The number of carbonyl (C=O) groups is 2. The van der Waals surface area contributed by atoms with Gasteiger partial charge in [-0.25, -0.2) is 4.98 Å². The van der Waals surface area contributed by atoms with Crippen molar-refractivity contribution in [2.75, 3.05) is 5.32 Å². The zero-order valence-electron chi connectivity index (χ0n) is 13.7. The van der Waals surface area contributed by atoms with Crippen LogP contribution in [0.15, 0.2) is 36.7 Å². The molecular formula is C17H16N4O3S. The summed E-state index contributed by atoms with van der Waals surface area (Å²) in [7, 11) is 0. The van der Waals surface area contributed by atoms with E-state index in [0.29, 0.717) is 10.7 Å². The summed E-state index contributed by atoms with van der Waals surface area (Å²) in [4.78, 5) is 27.8. The van der Waals surface area contributed by atoms with Crippen molar-refractivity contribution >= 4 is 29.0 Å². The normalized spacial score (nSPS) is 10.6. The SMILES string of the molecule is Cc1ccc(-c2ncc(C(=O)Nc3ccn(CC(=O)O)n3)s2)c(C)c1. The first-order valence-corrected chi connectivity index (χ1v) is 8.34. The first-order valence-electron chi connectivity index (χ1n) is 7.52. The quantitative estimate of drug-likeness (QED) is 0.732. The van der Waals surface area contributed by atoms with Crippen LogP contribution in [0.5, 0.6) is 0 Å². The van der Waals surface area contributed by atoms with Crippen LogP contribution in [0.2, 0.25) is 0 Å². The topological polar surface area (TPSA) is 97.1 Å². The summed E-state index contributed by atoms with van der Waals surface area (Å²) in [6.45, 7) is 3.78. The van der Waals surface area contributed by atoms with E-state index in [2.05, 4.69) is 21.5 Å². The van der Waals surface area contributed by atoms with Gasteiger partial charge in [-0.3, -0.25) is 14.3 Å². The van der Waals surface area contributed by atoms with Crippen LogP contribution in [-0.4, -0.2) is 31.7 Å². The average molecular weight is 356 g/mol. The monoisotopic (exact) mass is 356 g/mol. The van der Waals surface area contributed by atoms with E-state index in [1.54, 1.807) is 6.07 Å². The van der Waals surface area contributed by atoms with Crippen LogP contribution in [0, 0.1) is 13.8 Å². The predicted molar refractivity (Wildman–Crippen MR) is 94.8 cm³/mol. The number of carbonyl (C=O) groups excluding carboxylic acids is 1. The number of nitrogens with zero attached hydrogens (tertiary/aromatic N) is 3. The molecule has 0 saturated heterocycles. The Labute approximate surface area is 148 Å². The summed E-state index contributed by atoms with van der Waals surface area (Å²) in [6, 6.07) is 7.63. The highest BCUT2D eigenvalue weighted by Gasteiger charge is 2.14. The predicted octanol–water partition coefficient (Wildman–Crippen LogP) is 2.96. The number of aliphatic carboxylic acids is 1.